The number of hydrogen-bond acceptors (Lipinski definition) is 6. The highest BCUT2D eigenvalue weighted by Gasteiger charge is 2.15. The molecule has 4 rings (SSSR count). The summed E-state index contributed by atoms with van der Waals surface area (Å²) in [4.78, 5) is 33.9. The zero-order chi connectivity index (χ0) is 19.3. The third-order valence-electron chi connectivity index (χ3n) is 4.00. The highest BCUT2D eigenvalue weighted by Crippen LogP contribution is 2.20. The molecule has 0 saturated heterocycles. The van der Waals surface area contributed by atoms with Crippen LogP contribution in [0.3, 0.4) is 0 Å². The lowest BCUT2D eigenvalue weighted by molar-refractivity contribution is -0.118. The Balaban J connectivity index is 1.62. The maximum atomic E-state index is 13.0. The normalized spacial score (nSPS) is 10.9. The van der Waals surface area contributed by atoms with Gasteiger partial charge >= 0.3 is 0 Å². The van der Waals surface area contributed by atoms with Crippen LogP contribution in [0.1, 0.15) is 5.76 Å². The summed E-state index contributed by atoms with van der Waals surface area (Å²) in [6, 6.07) is 16.2. The third-order valence-corrected chi connectivity index (χ3v) is 4.94. The van der Waals surface area contributed by atoms with Crippen molar-refractivity contribution in [1.82, 2.24) is 19.9 Å². The quantitative estimate of drug-likeness (QED) is 0.401. The van der Waals surface area contributed by atoms with Crippen molar-refractivity contribution in [2.45, 2.75) is 11.7 Å². The van der Waals surface area contributed by atoms with E-state index in [0.717, 1.165) is 0 Å². The van der Waals surface area contributed by atoms with Crippen LogP contribution < -0.4 is 10.9 Å². The summed E-state index contributed by atoms with van der Waals surface area (Å²) in [6.07, 6.45) is 3.15. The van der Waals surface area contributed by atoms with Crippen molar-refractivity contribution >= 4 is 28.7 Å². The monoisotopic (exact) mass is 392 g/mol. The summed E-state index contributed by atoms with van der Waals surface area (Å²) in [7, 11) is 0. The number of benzene rings is 1. The number of fused-ring (bicyclic) bond motifs is 1. The molecule has 0 fully saturated rings. The zero-order valence-electron chi connectivity index (χ0n) is 14.7. The second kappa shape index (κ2) is 8.10. The lowest BCUT2D eigenvalue weighted by Gasteiger charge is -2.12. The molecule has 0 aliphatic rings. The summed E-state index contributed by atoms with van der Waals surface area (Å²) in [5.41, 5.74) is 0.824. The van der Waals surface area contributed by atoms with Crippen LogP contribution in [0.15, 0.2) is 81.4 Å². The first-order valence-electron chi connectivity index (χ1n) is 8.57. The summed E-state index contributed by atoms with van der Waals surface area (Å²) >= 11 is 1.19. The van der Waals surface area contributed by atoms with E-state index in [0.29, 0.717) is 34.2 Å². The van der Waals surface area contributed by atoms with Gasteiger partial charge in [-0.3, -0.25) is 14.2 Å². The van der Waals surface area contributed by atoms with Gasteiger partial charge < -0.3 is 9.73 Å². The van der Waals surface area contributed by atoms with Gasteiger partial charge in [0.25, 0.3) is 5.56 Å². The maximum absolute atomic E-state index is 13.0. The summed E-state index contributed by atoms with van der Waals surface area (Å²) in [5.74, 6) is 0.599. The first-order chi connectivity index (χ1) is 13.7. The van der Waals surface area contributed by atoms with Gasteiger partial charge in [-0.2, -0.15) is 0 Å². The minimum absolute atomic E-state index is 0.109. The van der Waals surface area contributed by atoms with Crippen LogP contribution in [0.4, 0.5) is 0 Å². The molecule has 0 aliphatic heterocycles. The van der Waals surface area contributed by atoms with Crippen molar-refractivity contribution in [3.8, 4) is 5.69 Å². The van der Waals surface area contributed by atoms with Gasteiger partial charge in [0.1, 0.15) is 5.76 Å². The van der Waals surface area contributed by atoms with Crippen LogP contribution in [0.5, 0.6) is 0 Å². The van der Waals surface area contributed by atoms with Crippen LogP contribution in [0.25, 0.3) is 16.7 Å². The molecule has 8 heteroatoms. The van der Waals surface area contributed by atoms with Crippen molar-refractivity contribution in [1.29, 1.82) is 0 Å². The molecule has 0 atom stereocenters. The molecule has 0 unspecified atom stereocenters. The molecule has 3 aromatic heterocycles. The Morgan fingerprint density at radius 1 is 1.11 bits per heavy atom. The molecule has 0 spiro atoms. The molecule has 0 saturated carbocycles. The van der Waals surface area contributed by atoms with E-state index in [9.17, 15) is 9.59 Å². The smallest absolute Gasteiger partial charge is 0.268 e. The van der Waals surface area contributed by atoms with Gasteiger partial charge in [-0.05, 0) is 36.4 Å². The Morgan fingerprint density at radius 3 is 2.75 bits per heavy atom. The SMILES string of the molecule is O=C(CSc1nc2ncccc2c(=O)n1-c1ccccc1)NCc1ccco1. The van der Waals surface area contributed by atoms with E-state index < -0.39 is 0 Å². The van der Waals surface area contributed by atoms with Gasteiger partial charge in [-0.15, -0.1) is 0 Å². The number of nitrogens with zero attached hydrogens (tertiary/aromatic N) is 3. The topological polar surface area (TPSA) is 90.0 Å². The Bertz CT molecular complexity index is 1160. The summed E-state index contributed by atoms with van der Waals surface area (Å²) in [6.45, 7) is 0.310. The van der Waals surface area contributed by atoms with Gasteiger partial charge in [0.15, 0.2) is 10.8 Å². The maximum Gasteiger partial charge on any atom is 0.268 e. The van der Waals surface area contributed by atoms with E-state index in [4.69, 9.17) is 4.42 Å². The molecule has 0 radical (unpaired) electrons. The Labute approximate surface area is 164 Å². The van der Waals surface area contributed by atoms with Crippen LogP contribution in [0, 0.1) is 0 Å². The fraction of sp³-hybridized carbons (Fsp3) is 0.100. The molecule has 140 valence electrons. The van der Waals surface area contributed by atoms with Gasteiger partial charge in [-0.1, -0.05) is 30.0 Å². The predicted molar refractivity (Wildman–Crippen MR) is 106 cm³/mol. The second-order valence-corrected chi connectivity index (χ2v) is 6.83. The average Bonchev–Trinajstić information content (AvgIpc) is 3.25. The molecular weight excluding hydrogens is 376 g/mol. The Hall–Kier alpha value is -3.39. The minimum Gasteiger partial charge on any atom is -0.467 e. The number of aromatic nitrogens is 3. The Morgan fingerprint density at radius 2 is 1.96 bits per heavy atom. The number of rotatable bonds is 6. The molecule has 1 N–H and O–H groups in total. The number of amides is 1. The number of carbonyl (C=O) groups is 1. The van der Waals surface area contributed by atoms with Crippen LogP contribution in [-0.4, -0.2) is 26.2 Å². The zero-order valence-corrected chi connectivity index (χ0v) is 15.6. The van der Waals surface area contributed by atoms with E-state index in [2.05, 4.69) is 15.3 Å². The van der Waals surface area contributed by atoms with Crippen molar-refractivity contribution < 1.29 is 9.21 Å². The average molecular weight is 392 g/mol. The molecular formula is C20H16N4O3S. The fourth-order valence-corrected chi connectivity index (χ4v) is 3.51. The molecule has 7 nitrogen and oxygen atoms in total. The number of furan rings is 1. The molecule has 4 aromatic rings. The fourth-order valence-electron chi connectivity index (χ4n) is 2.68. The van der Waals surface area contributed by atoms with Crippen molar-refractivity contribution in [2.24, 2.45) is 0 Å². The first kappa shape index (κ1) is 18.0. The minimum atomic E-state index is -0.220. The number of pyridine rings is 1. The molecule has 0 aliphatic carbocycles. The number of carbonyl (C=O) groups excluding carboxylic acids is 1. The van der Waals surface area contributed by atoms with Gasteiger partial charge in [-0.25, -0.2) is 9.97 Å². The number of nitrogens with one attached hydrogen (secondary N) is 1. The van der Waals surface area contributed by atoms with Crippen LogP contribution >= 0.6 is 11.8 Å². The molecule has 0 bridgehead atoms. The molecule has 1 aromatic carbocycles. The van der Waals surface area contributed by atoms with Gasteiger partial charge in [0, 0.05) is 6.20 Å². The molecule has 3 heterocycles. The van der Waals surface area contributed by atoms with Crippen molar-refractivity contribution in [2.75, 3.05) is 5.75 Å². The highest BCUT2D eigenvalue weighted by molar-refractivity contribution is 7.99. The standard InChI is InChI=1S/C20H16N4O3S/c25-17(22-12-15-8-5-11-27-15)13-28-20-23-18-16(9-4-10-21-18)19(26)24(20)14-6-2-1-3-7-14/h1-11H,12-13H2,(H,22,25). The van der Waals surface area contributed by atoms with Crippen LogP contribution in [-0.2, 0) is 11.3 Å². The second-order valence-electron chi connectivity index (χ2n) is 5.89. The van der Waals surface area contributed by atoms with E-state index >= 15 is 0 Å². The predicted octanol–water partition coefficient (Wildman–Crippen LogP) is 2.78. The molecule has 1 amide bonds. The summed E-state index contributed by atoms with van der Waals surface area (Å²) < 4.78 is 6.71. The number of para-hydroxylation sites is 1. The lowest BCUT2D eigenvalue weighted by atomic mass is 10.3. The summed E-state index contributed by atoms with van der Waals surface area (Å²) in [5, 5.41) is 3.62. The lowest BCUT2D eigenvalue weighted by Crippen LogP contribution is -2.26. The number of hydrogen-bond donors (Lipinski definition) is 1. The van der Waals surface area contributed by atoms with E-state index in [1.54, 1.807) is 36.7 Å². The largest absolute Gasteiger partial charge is 0.467 e. The first-order valence-corrected chi connectivity index (χ1v) is 9.56. The third kappa shape index (κ3) is 3.81. The van der Waals surface area contributed by atoms with Crippen molar-refractivity contribution in [3.63, 3.8) is 0 Å². The highest BCUT2D eigenvalue weighted by atomic mass is 32.2. The van der Waals surface area contributed by atoms with E-state index in [1.165, 1.54) is 16.3 Å². The van der Waals surface area contributed by atoms with Crippen LogP contribution in [0.2, 0.25) is 0 Å². The van der Waals surface area contributed by atoms with E-state index in [1.807, 2.05) is 30.3 Å². The Kier molecular flexibility index (Phi) is 5.20. The van der Waals surface area contributed by atoms with E-state index in [-0.39, 0.29) is 17.2 Å². The van der Waals surface area contributed by atoms with Gasteiger partial charge in [0.05, 0.1) is 29.6 Å². The number of thioether (sulfide) groups is 1. The van der Waals surface area contributed by atoms with Gasteiger partial charge in [0.2, 0.25) is 5.91 Å². The van der Waals surface area contributed by atoms with Crippen molar-refractivity contribution in [3.05, 3.63) is 83.2 Å². The molecule has 28 heavy (non-hydrogen) atoms.